The van der Waals surface area contributed by atoms with Gasteiger partial charge in [-0.25, -0.2) is 13.6 Å². The summed E-state index contributed by atoms with van der Waals surface area (Å²) in [5.41, 5.74) is 1.78. The first kappa shape index (κ1) is 18.7. The zero-order chi connectivity index (χ0) is 18.3. The van der Waals surface area contributed by atoms with E-state index in [0.717, 1.165) is 16.9 Å². The summed E-state index contributed by atoms with van der Waals surface area (Å²) in [7, 11) is -2.09. The van der Waals surface area contributed by atoms with Crippen LogP contribution in [-0.2, 0) is 21.2 Å². The first-order chi connectivity index (χ1) is 11.9. The van der Waals surface area contributed by atoms with Crippen molar-refractivity contribution in [2.45, 2.75) is 11.3 Å². The molecule has 2 aromatic carbocycles. The summed E-state index contributed by atoms with van der Waals surface area (Å²) in [6.45, 7) is 0.440. The minimum absolute atomic E-state index is 0.0708. The van der Waals surface area contributed by atoms with Crippen molar-refractivity contribution in [2.75, 3.05) is 13.7 Å². The van der Waals surface area contributed by atoms with E-state index in [1.807, 2.05) is 24.3 Å². The van der Waals surface area contributed by atoms with Gasteiger partial charge in [-0.2, -0.15) is 0 Å². The number of carbonyl (C=O) groups excluding carboxylic acids is 1. The van der Waals surface area contributed by atoms with Crippen molar-refractivity contribution >= 4 is 22.0 Å². The molecular weight excluding hydrogens is 340 g/mol. The fourth-order valence-corrected chi connectivity index (χ4v) is 2.67. The van der Waals surface area contributed by atoms with Gasteiger partial charge in [-0.1, -0.05) is 24.3 Å². The first-order valence-electron chi connectivity index (χ1n) is 7.60. The van der Waals surface area contributed by atoms with Crippen LogP contribution in [0.2, 0.25) is 0 Å². The summed E-state index contributed by atoms with van der Waals surface area (Å²) in [5, 5.41) is 7.82. The molecule has 0 saturated carbocycles. The summed E-state index contributed by atoms with van der Waals surface area (Å²) < 4.78 is 27.5. The molecular formula is C18H20N2O4S. The molecule has 0 fully saturated rings. The highest BCUT2D eigenvalue weighted by Gasteiger charge is 2.06. The molecule has 132 valence electrons. The normalized spacial score (nSPS) is 11.4. The highest BCUT2D eigenvalue weighted by molar-refractivity contribution is 7.89. The fourth-order valence-electron chi connectivity index (χ4n) is 2.15. The molecule has 0 bridgehead atoms. The van der Waals surface area contributed by atoms with Crippen LogP contribution in [0.3, 0.4) is 0 Å². The van der Waals surface area contributed by atoms with Crippen molar-refractivity contribution < 1.29 is 17.9 Å². The summed E-state index contributed by atoms with van der Waals surface area (Å²) >= 11 is 0. The van der Waals surface area contributed by atoms with Gasteiger partial charge in [0.15, 0.2) is 0 Å². The largest absolute Gasteiger partial charge is 0.497 e. The summed E-state index contributed by atoms with van der Waals surface area (Å²) in [4.78, 5) is 11.9. The monoisotopic (exact) mass is 360 g/mol. The molecule has 0 heterocycles. The molecule has 0 unspecified atom stereocenters. The standard InChI is InChI=1S/C18H20N2O4S/c1-24-16-4-2-3-15(13-16)7-10-18(21)20-12-11-14-5-8-17(9-6-14)25(19,22)23/h2-10,13H,11-12H2,1H3,(H,20,21)(H2,19,22,23)/b10-7+. The van der Waals surface area contributed by atoms with Crippen LogP contribution in [0.5, 0.6) is 5.75 Å². The van der Waals surface area contributed by atoms with E-state index in [1.165, 1.54) is 18.2 Å². The van der Waals surface area contributed by atoms with Gasteiger partial charge in [0.2, 0.25) is 15.9 Å². The van der Waals surface area contributed by atoms with Gasteiger partial charge in [-0.3, -0.25) is 4.79 Å². The number of nitrogens with one attached hydrogen (secondary N) is 1. The van der Waals surface area contributed by atoms with E-state index in [-0.39, 0.29) is 10.8 Å². The number of sulfonamides is 1. The highest BCUT2D eigenvalue weighted by atomic mass is 32.2. The number of methoxy groups -OCH3 is 1. The number of carbonyl (C=O) groups is 1. The molecule has 0 aromatic heterocycles. The van der Waals surface area contributed by atoms with Crippen LogP contribution >= 0.6 is 0 Å². The van der Waals surface area contributed by atoms with E-state index in [2.05, 4.69) is 5.32 Å². The Labute approximate surface area is 147 Å². The molecule has 0 aliphatic carbocycles. The summed E-state index contributed by atoms with van der Waals surface area (Å²) in [5.74, 6) is 0.523. The maximum absolute atomic E-state index is 11.8. The Bertz CT molecular complexity index is 859. The second-order valence-electron chi connectivity index (χ2n) is 5.34. The number of primary sulfonamides is 1. The van der Waals surface area contributed by atoms with Crippen molar-refractivity contribution in [1.29, 1.82) is 0 Å². The Morgan fingerprint density at radius 2 is 1.92 bits per heavy atom. The van der Waals surface area contributed by atoms with Crippen LogP contribution in [0.1, 0.15) is 11.1 Å². The molecule has 2 aromatic rings. The number of ether oxygens (including phenoxy) is 1. The van der Waals surface area contributed by atoms with Crippen LogP contribution in [0.15, 0.2) is 59.5 Å². The molecule has 25 heavy (non-hydrogen) atoms. The van der Waals surface area contributed by atoms with Crippen molar-refractivity contribution in [1.82, 2.24) is 5.32 Å². The number of hydrogen-bond acceptors (Lipinski definition) is 4. The number of rotatable bonds is 7. The number of benzene rings is 2. The lowest BCUT2D eigenvalue weighted by Gasteiger charge is -2.04. The van der Waals surface area contributed by atoms with E-state index in [0.29, 0.717) is 13.0 Å². The first-order valence-corrected chi connectivity index (χ1v) is 9.15. The van der Waals surface area contributed by atoms with Crippen LogP contribution < -0.4 is 15.2 Å². The lowest BCUT2D eigenvalue weighted by atomic mass is 10.1. The Kier molecular flexibility index (Phi) is 6.32. The van der Waals surface area contributed by atoms with Crippen LogP contribution in [0.4, 0.5) is 0 Å². The average molecular weight is 360 g/mol. The van der Waals surface area contributed by atoms with Crippen LogP contribution in [0, 0.1) is 0 Å². The van der Waals surface area contributed by atoms with E-state index in [9.17, 15) is 13.2 Å². The molecule has 0 atom stereocenters. The molecule has 2 rings (SSSR count). The van der Waals surface area contributed by atoms with Gasteiger partial charge in [-0.05, 0) is 47.9 Å². The predicted molar refractivity (Wildman–Crippen MR) is 96.6 cm³/mol. The minimum Gasteiger partial charge on any atom is -0.497 e. The Morgan fingerprint density at radius 1 is 1.20 bits per heavy atom. The van der Waals surface area contributed by atoms with Crippen LogP contribution in [0.25, 0.3) is 6.08 Å². The van der Waals surface area contributed by atoms with Crippen molar-refractivity contribution in [3.63, 3.8) is 0 Å². The predicted octanol–water partition coefficient (Wildman–Crippen LogP) is 1.71. The lowest BCUT2D eigenvalue weighted by molar-refractivity contribution is -0.116. The van der Waals surface area contributed by atoms with E-state index in [4.69, 9.17) is 9.88 Å². The second-order valence-corrected chi connectivity index (χ2v) is 6.90. The molecule has 0 aliphatic heterocycles. The van der Waals surface area contributed by atoms with Gasteiger partial charge in [0.05, 0.1) is 12.0 Å². The van der Waals surface area contributed by atoms with Crippen LogP contribution in [-0.4, -0.2) is 28.0 Å². The summed E-state index contributed by atoms with van der Waals surface area (Å²) in [6.07, 6.45) is 3.75. The van der Waals surface area contributed by atoms with Gasteiger partial charge in [-0.15, -0.1) is 0 Å². The molecule has 6 nitrogen and oxygen atoms in total. The number of hydrogen-bond donors (Lipinski definition) is 2. The molecule has 0 spiro atoms. The maximum Gasteiger partial charge on any atom is 0.244 e. The number of nitrogens with two attached hydrogens (primary N) is 1. The van der Waals surface area contributed by atoms with Gasteiger partial charge in [0, 0.05) is 12.6 Å². The third kappa shape index (κ3) is 6.06. The molecule has 7 heteroatoms. The van der Waals surface area contributed by atoms with E-state index in [1.54, 1.807) is 25.3 Å². The second kappa shape index (κ2) is 8.46. The Hall–Kier alpha value is -2.64. The smallest absolute Gasteiger partial charge is 0.244 e. The molecule has 0 aliphatic rings. The van der Waals surface area contributed by atoms with Gasteiger partial charge in [0.25, 0.3) is 0 Å². The lowest BCUT2D eigenvalue weighted by Crippen LogP contribution is -2.23. The SMILES string of the molecule is COc1cccc(/C=C/C(=O)NCCc2ccc(S(N)(=O)=O)cc2)c1. The minimum atomic E-state index is -3.68. The highest BCUT2D eigenvalue weighted by Crippen LogP contribution is 2.13. The van der Waals surface area contributed by atoms with E-state index < -0.39 is 10.0 Å². The van der Waals surface area contributed by atoms with Crippen molar-refractivity contribution in [2.24, 2.45) is 5.14 Å². The van der Waals surface area contributed by atoms with Gasteiger partial charge in [0.1, 0.15) is 5.75 Å². The topological polar surface area (TPSA) is 98.5 Å². The third-order valence-corrected chi connectivity index (χ3v) is 4.41. The van der Waals surface area contributed by atoms with Crippen molar-refractivity contribution in [3.05, 3.63) is 65.7 Å². The molecule has 0 saturated heterocycles. The van der Waals surface area contributed by atoms with Gasteiger partial charge >= 0.3 is 0 Å². The van der Waals surface area contributed by atoms with Gasteiger partial charge < -0.3 is 10.1 Å². The Morgan fingerprint density at radius 3 is 2.56 bits per heavy atom. The van der Waals surface area contributed by atoms with E-state index >= 15 is 0 Å². The Balaban J connectivity index is 1.83. The maximum atomic E-state index is 11.8. The molecule has 3 N–H and O–H groups in total. The zero-order valence-corrected chi connectivity index (χ0v) is 14.6. The zero-order valence-electron chi connectivity index (χ0n) is 13.8. The molecule has 0 radical (unpaired) electrons. The number of amides is 1. The fraction of sp³-hybridized carbons (Fsp3) is 0.167. The molecule has 1 amide bonds. The average Bonchev–Trinajstić information content (AvgIpc) is 2.60. The third-order valence-electron chi connectivity index (χ3n) is 3.49. The summed E-state index contributed by atoms with van der Waals surface area (Å²) in [6, 6.07) is 13.6. The van der Waals surface area contributed by atoms with Crippen molar-refractivity contribution in [3.8, 4) is 5.75 Å². The quantitative estimate of drug-likeness (QED) is 0.735.